The van der Waals surface area contributed by atoms with Gasteiger partial charge in [-0.15, -0.1) is 0 Å². The van der Waals surface area contributed by atoms with E-state index in [4.69, 9.17) is 4.74 Å². The monoisotopic (exact) mass is 270 g/mol. The van der Waals surface area contributed by atoms with Crippen molar-refractivity contribution >= 4 is 21.7 Å². The number of halogens is 1. The lowest BCUT2D eigenvalue weighted by molar-refractivity contribution is 0.0568. The van der Waals surface area contributed by atoms with Crippen LogP contribution in [0.1, 0.15) is 5.56 Å². The predicted molar refractivity (Wildman–Crippen MR) is 64.7 cm³/mol. The van der Waals surface area contributed by atoms with Gasteiger partial charge in [-0.25, -0.2) is 4.98 Å². The van der Waals surface area contributed by atoms with Gasteiger partial charge in [0.15, 0.2) is 0 Å². The number of pyridine rings is 1. The molecule has 1 fully saturated rings. The molecule has 1 atom stereocenters. The van der Waals surface area contributed by atoms with Gasteiger partial charge >= 0.3 is 0 Å². The molecule has 0 bridgehead atoms. The van der Waals surface area contributed by atoms with Gasteiger partial charge in [0.1, 0.15) is 5.82 Å². The van der Waals surface area contributed by atoms with Crippen molar-refractivity contribution in [1.82, 2.24) is 4.98 Å². The normalized spacial score (nSPS) is 21.7. The lowest BCUT2D eigenvalue weighted by Gasteiger charge is -2.32. The van der Waals surface area contributed by atoms with Crippen LogP contribution in [0.5, 0.6) is 0 Å². The van der Waals surface area contributed by atoms with Crippen LogP contribution in [0.25, 0.3) is 0 Å². The molecule has 1 aromatic rings. The minimum Gasteiger partial charge on any atom is -0.374 e. The highest BCUT2D eigenvalue weighted by Gasteiger charge is 2.20. The minimum atomic E-state index is 0.279. The van der Waals surface area contributed by atoms with Crippen LogP contribution in [-0.4, -0.2) is 36.1 Å². The Balaban J connectivity index is 2.06. The van der Waals surface area contributed by atoms with Gasteiger partial charge in [-0.2, -0.15) is 0 Å². The lowest BCUT2D eigenvalue weighted by atomic mass is 10.2. The number of morpholine rings is 1. The van der Waals surface area contributed by atoms with Crippen LogP contribution in [0.3, 0.4) is 0 Å². The third-order valence-electron chi connectivity index (χ3n) is 2.53. The molecule has 0 aliphatic carbocycles. The fourth-order valence-corrected chi connectivity index (χ4v) is 2.06. The molecule has 82 valence electrons. The molecular formula is C11H15BrN2O. The second-order valence-corrected chi connectivity index (χ2v) is 4.43. The minimum absolute atomic E-state index is 0.279. The molecule has 3 nitrogen and oxygen atoms in total. The van der Waals surface area contributed by atoms with Gasteiger partial charge in [-0.3, -0.25) is 0 Å². The Kier molecular flexibility index (Phi) is 3.59. The van der Waals surface area contributed by atoms with Gasteiger partial charge in [0.05, 0.1) is 12.7 Å². The maximum atomic E-state index is 5.59. The molecule has 15 heavy (non-hydrogen) atoms. The fourth-order valence-electron chi connectivity index (χ4n) is 1.67. The number of ether oxygens (including phenoxy) is 1. The van der Waals surface area contributed by atoms with E-state index >= 15 is 0 Å². The van der Waals surface area contributed by atoms with Crippen molar-refractivity contribution in [3.63, 3.8) is 0 Å². The molecule has 1 unspecified atom stereocenters. The zero-order valence-corrected chi connectivity index (χ0v) is 10.4. The summed E-state index contributed by atoms with van der Waals surface area (Å²) >= 11 is 3.45. The molecule has 2 rings (SSSR count). The zero-order valence-electron chi connectivity index (χ0n) is 8.82. The Morgan fingerprint density at radius 3 is 3.13 bits per heavy atom. The number of hydrogen-bond donors (Lipinski definition) is 0. The second kappa shape index (κ2) is 4.94. The highest BCUT2D eigenvalue weighted by Crippen LogP contribution is 2.16. The van der Waals surface area contributed by atoms with E-state index in [2.05, 4.69) is 44.9 Å². The third-order valence-corrected chi connectivity index (χ3v) is 3.25. The molecule has 0 aromatic carbocycles. The predicted octanol–water partition coefficient (Wildman–Crippen LogP) is 1.99. The quantitative estimate of drug-likeness (QED) is 0.769. The van der Waals surface area contributed by atoms with Crippen molar-refractivity contribution in [1.29, 1.82) is 0 Å². The molecule has 1 saturated heterocycles. The molecule has 1 aromatic heterocycles. The van der Waals surface area contributed by atoms with Crippen LogP contribution in [0.4, 0.5) is 5.82 Å². The second-order valence-electron chi connectivity index (χ2n) is 3.79. The van der Waals surface area contributed by atoms with E-state index in [1.54, 1.807) is 0 Å². The number of hydrogen-bond acceptors (Lipinski definition) is 3. The Hall–Kier alpha value is -0.610. The summed E-state index contributed by atoms with van der Waals surface area (Å²) in [6.45, 7) is 4.68. The van der Waals surface area contributed by atoms with Gasteiger partial charge < -0.3 is 9.64 Å². The standard InChI is InChI=1S/C11H15BrN2O/c1-9-2-3-11(13-7-9)14-4-5-15-10(6-12)8-14/h2-3,7,10H,4-6,8H2,1H3. The highest BCUT2D eigenvalue weighted by atomic mass is 79.9. The maximum absolute atomic E-state index is 5.59. The summed E-state index contributed by atoms with van der Waals surface area (Å²) in [6, 6.07) is 4.17. The van der Waals surface area contributed by atoms with Crippen molar-refractivity contribution in [3.05, 3.63) is 23.9 Å². The highest BCUT2D eigenvalue weighted by molar-refractivity contribution is 9.09. The summed E-state index contributed by atoms with van der Waals surface area (Å²) in [4.78, 5) is 6.70. The summed E-state index contributed by atoms with van der Waals surface area (Å²) in [5, 5.41) is 0.884. The summed E-state index contributed by atoms with van der Waals surface area (Å²) < 4.78 is 5.59. The molecule has 0 radical (unpaired) electrons. The molecule has 0 amide bonds. The lowest BCUT2D eigenvalue weighted by Crippen LogP contribution is -2.43. The number of aryl methyl sites for hydroxylation is 1. The van der Waals surface area contributed by atoms with Crippen molar-refractivity contribution in [3.8, 4) is 0 Å². The van der Waals surface area contributed by atoms with E-state index in [0.29, 0.717) is 0 Å². The smallest absolute Gasteiger partial charge is 0.128 e. The van der Waals surface area contributed by atoms with E-state index in [9.17, 15) is 0 Å². The van der Waals surface area contributed by atoms with E-state index in [1.807, 2.05) is 6.20 Å². The van der Waals surface area contributed by atoms with E-state index in [-0.39, 0.29) is 6.10 Å². The van der Waals surface area contributed by atoms with Crippen molar-refractivity contribution in [2.24, 2.45) is 0 Å². The maximum Gasteiger partial charge on any atom is 0.128 e. The summed E-state index contributed by atoms with van der Waals surface area (Å²) in [7, 11) is 0. The molecule has 4 heteroatoms. The van der Waals surface area contributed by atoms with E-state index in [0.717, 1.165) is 30.8 Å². The molecule has 1 aliphatic heterocycles. The van der Waals surface area contributed by atoms with Crippen LogP contribution in [0.15, 0.2) is 18.3 Å². The first-order valence-electron chi connectivity index (χ1n) is 5.15. The SMILES string of the molecule is Cc1ccc(N2CCOC(CBr)C2)nc1. The molecule has 0 N–H and O–H groups in total. The van der Waals surface area contributed by atoms with Crippen molar-refractivity contribution < 1.29 is 4.74 Å². The largest absolute Gasteiger partial charge is 0.374 e. The van der Waals surface area contributed by atoms with Crippen LogP contribution >= 0.6 is 15.9 Å². The van der Waals surface area contributed by atoms with Crippen LogP contribution < -0.4 is 4.90 Å². The summed E-state index contributed by atoms with van der Waals surface area (Å²) in [5.41, 5.74) is 1.20. The fraction of sp³-hybridized carbons (Fsp3) is 0.545. The molecule has 2 heterocycles. The van der Waals surface area contributed by atoms with Gasteiger partial charge in [-0.05, 0) is 18.6 Å². The van der Waals surface area contributed by atoms with Crippen LogP contribution in [-0.2, 0) is 4.74 Å². The first-order chi connectivity index (χ1) is 7.29. The number of anilines is 1. The molecule has 0 saturated carbocycles. The number of nitrogens with zero attached hydrogens (tertiary/aromatic N) is 2. The zero-order chi connectivity index (χ0) is 10.7. The summed E-state index contributed by atoms with van der Waals surface area (Å²) in [6.07, 6.45) is 2.19. The summed E-state index contributed by atoms with van der Waals surface area (Å²) in [5.74, 6) is 1.05. The number of alkyl halides is 1. The average Bonchev–Trinajstić information content (AvgIpc) is 2.30. The Bertz CT molecular complexity index is 315. The molecular weight excluding hydrogens is 256 g/mol. The van der Waals surface area contributed by atoms with Crippen LogP contribution in [0.2, 0.25) is 0 Å². The van der Waals surface area contributed by atoms with Gasteiger partial charge in [-0.1, -0.05) is 22.0 Å². The number of aromatic nitrogens is 1. The first kappa shape index (κ1) is 10.9. The van der Waals surface area contributed by atoms with E-state index < -0.39 is 0 Å². The van der Waals surface area contributed by atoms with Gasteiger partial charge in [0.25, 0.3) is 0 Å². The first-order valence-corrected chi connectivity index (χ1v) is 6.27. The van der Waals surface area contributed by atoms with Gasteiger partial charge in [0, 0.05) is 24.6 Å². The van der Waals surface area contributed by atoms with Crippen LogP contribution in [0, 0.1) is 6.92 Å². The van der Waals surface area contributed by atoms with Crippen molar-refractivity contribution in [2.45, 2.75) is 13.0 Å². The third kappa shape index (κ3) is 2.69. The number of rotatable bonds is 2. The van der Waals surface area contributed by atoms with Gasteiger partial charge in [0.2, 0.25) is 0 Å². The Morgan fingerprint density at radius 1 is 1.60 bits per heavy atom. The average molecular weight is 271 g/mol. The topological polar surface area (TPSA) is 25.4 Å². The van der Waals surface area contributed by atoms with E-state index in [1.165, 1.54) is 5.56 Å². The molecule has 1 aliphatic rings. The molecule has 0 spiro atoms. The van der Waals surface area contributed by atoms with Crippen molar-refractivity contribution in [2.75, 3.05) is 29.9 Å². The Labute approximate surface area is 98.6 Å². The Morgan fingerprint density at radius 2 is 2.47 bits per heavy atom.